The van der Waals surface area contributed by atoms with Crippen LogP contribution in [0.15, 0.2) is 24.3 Å². The van der Waals surface area contributed by atoms with Gasteiger partial charge in [-0.3, -0.25) is 4.79 Å². The predicted molar refractivity (Wildman–Crippen MR) is 74.7 cm³/mol. The van der Waals surface area contributed by atoms with Gasteiger partial charge in [0.05, 0.1) is 12.0 Å². The Hall–Kier alpha value is -1.39. The van der Waals surface area contributed by atoms with Crippen molar-refractivity contribution in [3.63, 3.8) is 0 Å². The third-order valence-corrected chi connectivity index (χ3v) is 3.68. The predicted octanol–water partition coefficient (Wildman–Crippen LogP) is 1.14. The summed E-state index contributed by atoms with van der Waals surface area (Å²) in [5, 5.41) is 16.2. The second-order valence-corrected chi connectivity index (χ2v) is 5.16. The topological polar surface area (TPSA) is 61.4 Å². The summed E-state index contributed by atoms with van der Waals surface area (Å²) in [4.78, 5) is 12.0. The first kappa shape index (κ1) is 14.0. The second-order valence-electron chi connectivity index (χ2n) is 5.16. The van der Waals surface area contributed by atoms with Crippen LogP contribution in [0.3, 0.4) is 0 Å². The number of hydrogen-bond acceptors (Lipinski definition) is 3. The number of aliphatic hydroxyl groups is 1. The summed E-state index contributed by atoms with van der Waals surface area (Å²) in [5.41, 5.74) is 1.92. The van der Waals surface area contributed by atoms with Crippen LogP contribution in [0, 0.1) is 12.8 Å². The molecule has 4 nitrogen and oxygen atoms in total. The molecule has 0 unspecified atom stereocenters. The van der Waals surface area contributed by atoms with Gasteiger partial charge in [0.1, 0.15) is 0 Å². The van der Waals surface area contributed by atoms with Crippen LogP contribution in [0.2, 0.25) is 0 Å². The summed E-state index contributed by atoms with van der Waals surface area (Å²) >= 11 is 0. The lowest BCUT2D eigenvalue weighted by molar-refractivity contribution is -0.125. The molecule has 0 radical (unpaired) electrons. The molecule has 1 saturated heterocycles. The maximum Gasteiger partial charge on any atom is 0.224 e. The lowest BCUT2D eigenvalue weighted by Crippen LogP contribution is -2.41. The average Bonchev–Trinajstić information content (AvgIpc) is 2.46. The van der Waals surface area contributed by atoms with Gasteiger partial charge in [-0.2, -0.15) is 0 Å². The second kappa shape index (κ2) is 6.68. The molecule has 1 aromatic rings. The molecule has 4 heteroatoms. The van der Waals surface area contributed by atoms with Crippen molar-refractivity contribution in [1.29, 1.82) is 0 Å². The van der Waals surface area contributed by atoms with Gasteiger partial charge in [-0.1, -0.05) is 24.3 Å². The molecule has 0 saturated carbocycles. The Morgan fingerprint density at radius 3 is 3.00 bits per heavy atom. The molecule has 0 bridgehead atoms. The SMILES string of the molecule is Cc1ccccc1[C@H](O)CNC(=O)[C@@H]1CCCNC1. The number of rotatable bonds is 4. The number of carbonyl (C=O) groups is 1. The van der Waals surface area contributed by atoms with E-state index in [2.05, 4.69) is 10.6 Å². The molecule has 0 spiro atoms. The fraction of sp³-hybridized carbons (Fsp3) is 0.533. The van der Waals surface area contributed by atoms with Gasteiger partial charge in [-0.25, -0.2) is 0 Å². The molecule has 2 atom stereocenters. The number of benzene rings is 1. The fourth-order valence-corrected chi connectivity index (χ4v) is 2.49. The van der Waals surface area contributed by atoms with Gasteiger partial charge >= 0.3 is 0 Å². The number of amides is 1. The highest BCUT2D eigenvalue weighted by molar-refractivity contribution is 5.79. The van der Waals surface area contributed by atoms with Crippen molar-refractivity contribution < 1.29 is 9.90 Å². The van der Waals surface area contributed by atoms with Gasteiger partial charge in [0.2, 0.25) is 5.91 Å². The Morgan fingerprint density at radius 1 is 1.53 bits per heavy atom. The van der Waals surface area contributed by atoms with E-state index in [0.29, 0.717) is 0 Å². The first-order chi connectivity index (χ1) is 9.18. The van der Waals surface area contributed by atoms with Crippen LogP contribution in [-0.4, -0.2) is 30.6 Å². The Balaban J connectivity index is 1.84. The highest BCUT2D eigenvalue weighted by Crippen LogP contribution is 2.17. The van der Waals surface area contributed by atoms with E-state index >= 15 is 0 Å². The van der Waals surface area contributed by atoms with E-state index in [-0.39, 0.29) is 18.4 Å². The molecule has 3 N–H and O–H groups in total. The van der Waals surface area contributed by atoms with Crippen molar-refractivity contribution >= 4 is 5.91 Å². The number of aliphatic hydroxyl groups excluding tert-OH is 1. The minimum Gasteiger partial charge on any atom is -0.387 e. The normalized spacial score (nSPS) is 20.8. The monoisotopic (exact) mass is 262 g/mol. The molecule has 0 aliphatic carbocycles. The molecule has 1 aromatic carbocycles. The van der Waals surface area contributed by atoms with Crippen molar-refractivity contribution in [2.45, 2.75) is 25.9 Å². The summed E-state index contributed by atoms with van der Waals surface area (Å²) < 4.78 is 0. The molecular formula is C15H22N2O2. The van der Waals surface area contributed by atoms with E-state index in [1.807, 2.05) is 31.2 Å². The van der Waals surface area contributed by atoms with Crippen LogP contribution >= 0.6 is 0 Å². The Bertz CT molecular complexity index is 428. The summed E-state index contributed by atoms with van der Waals surface area (Å²) in [5.74, 6) is 0.0812. The zero-order chi connectivity index (χ0) is 13.7. The van der Waals surface area contributed by atoms with Crippen molar-refractivity contribution in [1.82, 2.24) is 10.6 Å². The molecule has 1 fully saturated rings. The number of nitrogens with one attached hydrogen (secondary N) is 2. The van der Waals surface area contributed by atoms with E-state index in [1.54, 1.807) is 0 Å². The third kappa shape index (κ3) is 3.78. The molecule has 2 rings (SSSR count). The summed E-state index contributed by atoms with van der Waals surface area (Å²) in [6.07, 6.45) is 1.33. The minimum atomic E-state index is -0.637. The van der Waals surface area contributed by atoms with E-state index in [4.69, 9.17) is 0 Å². The van der Waals surface area contributed by atoms with Gasteiger partial charge in [-0.15, -0.1) is 0 Å². The maximum atomic E-state index is 12.0. The van der Waals surface area contributed by atoms with E-state index < -0.39 is 6.10 Å². The van der Waals surface area contributed by atoms with Crippen molar-refractivity contribution in [2.75, 3.05) is 19.6 Å². The Kier molecular flexibility index (Phi) is 4.93. The Morgan fingerprint density at radius 2 is 2.32 bits per heavy atom. The van der Waals surface area contributed by atoms with Crippen LogP contribution in [0.5, 0.6) is 0 Å². The summed E-state index contributed by atoms with van der Waals surface area (Å²) in [6, 6.07) is 7.70. The Labute approximate surface area is 114 Å². The fourth-order valence-electron chi connectivity index (χ4n) is 2.49. The van der Waals surface area contributed by atoms with Crippen LogP contribution < -0.4 is 10.6 Å². The van der Waals surface area contributed by atoms with Gasteiger partial charge in [-0.05, 0) is 37.4 Å². The lowest BCUT2D eigenvalue weighted by Gasteiger charge is -2.23. The molecular weight excluding hydrogens is 240 g/mol. The van der Waals surface area contributed by atoms with Crippen LogP contribution in [-0.2, 0) is 4.79 Å². The zero-order valence-electron chi connectivity index (χ0n) is 11.4. The summed E-state index contributed by atoms with van der Waals surface area (Å²) in [7, 11) is 0. The van der Waals surface area contributed by atoms with Crippen LogP contribution in [0.1, 0.15) is 30.1 Å². The highest BCUT2D eigenvalue weighted by atomic mass is 16.3. The number of carbonyl (C=O) groups excluding carboxylic acids is 1. The number of hydrogen-bond donors (Lipinski definition) is 3. The van der Waals surface area contributed by atoms with Crippen molar-refractivity contribution in [2.24, 2.45) is 5.92 Å². The number of aryl methyl sites for hydroxylation is 1. The van der Waals surface area contributed by atoms with Gasteiger partial charge < -0.3 is 15.7 Å². The molecule has 1 aliphatic rings. The van der Waals surface area contributed by atoms with Crippen molar-refractivity contribution in [3.05, 3.63) is 35.4 Å². The average molecular weight is 262 g/mol. The largest absolute Gasteiger partial charge is 0.387 e. The standard InChI is InChI=1S/C15H22N2O2/c1-11-5-2-3-7-13(11)14(18)10-17-15(19)12-6-4-8-16-9-12/h2-3,5,7,12,14,16,18H,4,6,8-10H2,1H3,(H,17,19)/t12-,14-/m1/s1. The first-order valence-electron chi connectivity index (χ1n) is 6.90. The highest BCUT2D eigenvalue weighted by Gasteiger charge is 2.21. The smallest absolute Gasteiger partial charge is 0.224 e. The van der Waals surface area contributed by atoms with Gasteiger partial charge in [0, 0.05) is 13.1 Å². The zero-order valence-corrected chi connectivity index (χ0v) is 11.4. The molecule has 104 valence electrons. The number of piperidine rings is 1. The molecule has 19 heavy (non-hydrogen) atoms. The minimum absolute atomic E-state index is 0.0396. The molecule has 0 aromatic heterocycles. The molecule has 1 amide bonds. The van der Waals surface area contributed by atoms with E-state index in [9.17, 15) is 9.90 Å². The van der Waals surface area contributed by atoms with Crippen molar-refractivity contribution in [3.8, 4) is 0 Å². The van der Waals surface area contributed by atoms with E-state index in [0.717, 1.165) is 37.1 Å². The quantitative estimate of drug-likeness (QED) is 0.762. The van der Waals surface area contributed by atoms with Crippen LogP contribution in [0.25, 0.3) is 0 Å². The van der Waals surface area contributed by atoms with Crippen LogP contribution in [0.4, 0.5) is 0 Å². The molecule has 1 aliphatic heterocycles. The third-order valence-electron chi connectivity index (χ3n) is 3.68. The van der Waals surface area contributed by atoms with Gasteiger partial charge in [0.15, 0.2) is 0 Å². The maximum absolute atomic E-state index is 12.0. The van der Waals surface area contributed by atoms with E-state index in [1.165, 1.54) is 0 Å². The lowest BCUT2D eigenvalue weighted by atomic mass is 9.98. The summed E-state index contributed by atoms with van der Waals surface area (Å²) in [6.45, 7) is 3.98. The molecule has 1 heterocycles. The van der Waals surface area contributed by atoms with Gasteiger partial charge in [0.25, 0.3) is 0 Å². The first-order valence-corrected chi connectivity index (χ1v) is 6.90.